The summed E-state index contributed by atoms with van der Waals surface area (Å²) in [7, 11) is 0. The molecule has 21 heavy (non-hydrogen) atoms. The molecule has 3 aromatic rings. The Balaban J connectivity index is 2.28. The molecule has 1 nitrogen and oxygen atoms in total. The highest BCUT2D eigenvalue weighted by Crippen LogP contribution is 2.30. The lowest BCUT2D eigenvalue weighted by molar-refractivity contribution is 0.0925. The van der Waals surface area contributed by atoms with Crippen molar-refractivity contribution in [2.75, 3.05) is 0 Å². The van der Waals surface area contributed by atoms with Gasteiger partial charge in [-0.25, -0.2) is 0 Å². The van der Waals surface area contributed by atoms with Gasteiger partial charge >= 0.3 is 0 Å². The Morgan fingerprint density at radius 3 is 2.29 bits per heavy atom. The molecule has 0 amide bonds. The van der Waals surface area contributed by atoms with E-state index in [-0.39, 0.29) is 11.7 Å². The second-order valence-electron chi connectivity index (χ2n) is 5.74. The van der Waals surface area contributed by atoms with Gasteiger partial charge in [0, 0.05) is 11.5 Å². The van der Waals surface area contributed by atoms with Crippen LogP contribution in [0.2, 0.25) is 0 Å². The topological polar surface area (TPSA) is 17.1 Å². The van der Waals surface area contributed by atoms with Crippen molar-refractivity contribution in [1.29, 1.82) is 0 Å². The van der Waals surface area contributed by atoms with E-state index in [0.29, 0.717) is 0 Å². The largest absolute Gasteiger partial charge is 0.294 e. The van der Waals surface area contributed by atoms with E-state index in [2.05, 4.69) is 43.3 Å². The molecule has 0 aromatic heterocycles. The van der Waals surface area contributed by atoms with Crippen molar-refractivity contribution in [2.45, 2.75) is 26.7 Å². The fourth-order valence-electron chi connectivity index (χ4n) is 3.09. The van der Waals surface area contributed by atoms with Gasteiger partial charge in [0.05, 0.1) is 0 Å². The molecule has 0 N–H and O–H groups in total. The van der Waals surface area contributed by atoms with Crippen molar-refractivity contribution in [1.82, 2.24) is 0 Å². The van der Waals surface area contributed by atoms with Crippen LogP contribution < -0.4 is 0 Å². The van der Waals surface area contributed by atoms with Gasteiger partial charge in [0.1, 0.15) is 0 Å². The summed E-state index contributed by atoms with van der Waals surface area (Å²) in [5.41, 5.74) is 0.866. The van der Waals surface area contributed by atoms with Gasteiger partial charge in [-0.2, -0.15) is 0 Å². The molecule has 0 aliphatic carbocycles. The third-order valence-corrected chi connectivity index (χ3v) is 4.20. The van der Waals surface area contributed by atoms with Crippen LogP contribution in [-0.4, -0.2) is 5.78 Å². The summed E-state index contributed by atoms with van der Waals surface area (Å²) >= 11 is 0. The molecule has 1 unspecified atom stereocenters. The minimum absolute atomic E-state index is 0.0829. The highest BCUT2D eigenvalue weighted by Gasteiger charge is 2.18. The van der Waals surface area contributed by atoms with Gasteiger partial charge in [0.2, 0.25) is 0 Å². The summed E-state index contributed by atoms with van der Waals surface area (Å²) in [6.07, 6.45) is 1.98. The van der Waals surface area contributed by atoms with Crippen LogP contribution in [0.25, 0.3) is 21.5 Å². The van der Waals surface area contributed by atoms with E-state index in [1.807, 2.05) is 25.1 Å². The van der Waals surface area contributed by atoms with Crippen LogP contribution in [0.5, 0.6) is 0 Å². The number of carbonyl (C=O) groups excluding carboxylic acids is 1. The number of benzene rings is 3. The fraction of sp³-hybridized carbons (Fsp3) is 0.250. The molecule has 0 heterocycles. The van der Waals surface area contributed by atoms with Crippen LogP contribution in [0, 0.1) is 5.92 Å². The Morgan fingerprint density at radius 2 is 1.57 bits per heavy atom. The van der Waals surface area contributed by atoms with Crippen LogP contribution >= 0.6 is 0 Å². The van der Waals surface area contributed by atoms with Gasteiger partial charge in [-0.05, 0) is 34.0 Å². The second kappa shape index (κ2) is 5.69. The molecule has 3 aromatic carbocycles. The van der Waals surface area contributed by atoms with Crippen LogP contribution in [0.3, 0.4) is 0 Å². The first-order valence-corrected chi connectivity index (χ1v) is 7.67. The summed E-state index contributed by atoms with van der Waals surface area (Å²) in [4.78, 5) is 12.8. The smallest absolute Gasteiger partial charge is 0.166 e. The highest BCUT2D eigenvalue weighted by atomic mass is 16.1. The fourth-order valence-corrected chi connectivity index (χ4v) is 3.09. The molecule has 0 radical (unpaired) electrons. The zero-order valence-electron chi connectivity index (χ0n) is 12.6. The van der Waals surface area contributed by atoms with E-state index in [1.54, 1.807) is 0 Å². The van der Waals surface area contributed by atoms with Gasteiger partial charge in [-0.1, -0.05) is 68.8 Å². The standard InChI is InChI=1S/C20H20O/c1-3-8-14(2)20(21)19-13-15-9-4-5-10-16(15)17-11-6-7-12-18(17)19/h4-7,9-14H,3,8H2,1-2H3. The van der Waals surface area contributed by atoms with Gasteiger partial charge in [-0.3, -0.25) is 4.79 Å². The predicted molar refractivity (Wildman–Crippen MR) is 89.9 cm³/mol. The minimum atomic E-state index is 0.0829. The Bertz CT molecular complexity index is 801. The van der Waals surface area contributed by atoms with Crippen LogP contribution in [-0.2, 0) is 0 Å². The average Bonchev–Trinajstić information content (AvgIpc) is 2.53. The lowest BCUT2D eigenvalue weighted by Crippen LogP contribution is -2.11. The molecule has 0 saturated heterocycles. The maximum absolute atomic E-state index is 12.8. The molecule has 0 fully saturated rings. The van der Waals surface area contributed by atoms with Crippen LogP contribution in [0.15, 0.2) is 54.6 Å². The minimum Gasteiger partial charge on any atom is -0.294 e. The molecular weight excluding hydrogens is 256 g/mol. The van der Waals surface area contributed by atoms with Crippen molar-refractivity contribution in [3.05, 3.63) is 60.2 Å². The molecule has 3 rings (SSSR count). The lowest BCUT2D eigenvalue weighted by atomic mass is 9.89. The Kier molecular flexibility index (Phi) is 3.74. The van der Waals surface area contributed by atoms with Crippen molar-refractivity contribution < 1.29 is 4.79 Å². The average molecular weight is 276 g/mol. The number of carbonyl (C=O) groups is 1. The first-order valence-electron chi connectivity index (χ1n) is 7.67. The molecule has 1 atom stereocenters. The number of fused-ring (bicyclic) bond motifs is 3. The Labute approximate surface area is 125 Å². The number of rotatable bonds is 4. The molecule has 0 bridgehead atoms. The van der Waals surface area contributed by atoms with E-state index in [9.17, 15) is 4.79 Å². The first kappa shape index (κ1) is 13.8. The number of ketones is 1. The van der Waals surface area contributed by atoms with E-state index in [1.165, 1.54) is 10.8 Å². The number of hydrogen-bond donors (Lipinski definition) is 0. The van der Waals surface area contributed by atoms with E-state index in [0.717, 1.165) is 29.2 Å². The quantitative estimate of drug-likeness (QED) is 0.447. The molecular formula is C20H20O. The van der Waals surface area contributed by atoms with Crippen molar-refractivity contribution in [3.63, 3.8) is 0 Å². The summed E-state index contributed by atoms with van der Waals surface area (Å²) in [5.74, 6) is 0.346. The SMILES string of the molecule is CCCC(C)C(=O)c1cc2ccccc2c2ccccc12. The molecule has 0 aliphatic heterocycles. The Morgan fingerprint density at radius 1 is 0.952 bits per heavy atom. The lowest BCUT2D eigenvalue weighted by Gasteiger charge is -2.13. The normalized spacial score (nSPS) is 12.7. The summed E-state index contributed by atoms with van der Waals surface area (Å²) in [5, 5.41) is 4.60. The van der Waals surface area contributed by atoms with Gasteiger partial charge < -0.3 is 0 Å². The van der Waals surface area contributed by atoms with Gasteiger partial charge in [-0.15, -0.1) is 0 Å². The highest BCUT2D eigenvalue weighted by molar-refractivity contribution is 6.17. The maximum Gasteiger partial charge on any atom is 0.166 e. The monoisotopic (exact) mass is 276 g/mol. The van der Waals surface area contributed by atoms with E-state index < -0.39 is 0 Å². The summed E-state index contributed by atoms with van der Waals surface area (Å²) in [6.45, 7) is 4.16. The first-order chi connectivity index (χ1) is 10.2. The van der Waals surface area contributed by atoms with Crippen molar-refractivity contribution in [2.24, 2.45) is 5.92 Å². The van der Waals surface area contributed by atoms with E-state index >= 15 is 0 Å². The zero-order valence-corrected chi connectivity index (χ0v) is 12.6. The van der Waals surface area contributed by atoms with E-state index in [4.69, 9.17) is 0 Å². The second-order valence-corrected chi connectivity index (χ2v) is 5.74. The molecule has 106 valence electrons. The third-order valence-electron chi connectivity index (χ3n) is 4.20. The van der Waals surface area contributed by atoms with Crippen molar-refractivity contribution in [3.8, 4) is 0 Å². The van der Waals surface area contributed by atoms with Gasteiger partial charge in [0.15, 0.2) is 5.78 Å². The third kappa shape index (κ3) is 2.44. The number of Topliss-reactive ketones (excluding diaryl/α,β-unsaturated/α-hetero) is 1. The molecule has 0 spiro atoms. The van der Waals surface area contributed by atoms with Crippen LogP contribution in [0.4, 0.5) is 0 Å². The zero-order chi connectivity index (χ0) is 14.8. The summed E-state index contributed by atoms with van der Waals surface area (Å²) < 4.78 is 0. The number of hydrogen-bond acceptors (Lipinski definition) is 1. The Hall–Kier alpha value is -2.15. The molecule has 0 saturated carbocycles. The summed E-state index contributed by atoms with van der Waals surface area (Å²) in [6, 6.07) is 18.6. The molecule has 0 aliphatic rings. The predicted octanol–water partition coefficient (Wildman–Crippen LogP) is 5.61. The maximum atomic E-state index is 12.8. The molecule has 1 heteroatoms. The van der Waals surface area contributed by atoms with Crippen molar-refractivity contribution >= 4 is 27.3 Å². The van der Waals surface area contributed by atoms with Gasteiger partial charge in [0.25, 0.3) is 0 Å². The van der Waals surface area contributed by atoms with Crippen LogP contribution in [0.1, 0.15) is 37.0 Å².